The van der Waals surface area contributed by atoms with Gasteiger partial charge in [-0.05, 0) is 48.1 Å². The van der Waals surface area contributed by atoms with E-state index in [4.69, 9.17) is 0 Å². The maximum absolute atomic E-state index is 12.5. The van der Waals surface area contributed by atoms with Crippen molar-refractivity contribution in [3.05, 3.63) is 81.1 Å². The number of nitrogens with zero attached hydrogens (tertiary/aromatic N) is 3. The van der Waals surface area contributed by atoms with Gasteiger partial charge in [0.1, 0.15) is 5.82 Å². The third-order valence-electron chi connectivity index (χ3n) is 5.45. The molecule has 1 aromatic carbocycles. The summed E-state index contributed by atoms with van der Waals surface area (Å²) in [6, 6.07) is 8.60. The second kappa shape index (κ2) is 8.91. The van der Waals surface area contributed by atoms with Crippen LogP contribution in [0.25, 0.3) is 6.08 Å². The maximum Gasteiger partial charge on any atom is 0.269 e. The van der Waals surface area contributed by atoms with Crippen molar-refractivity contribution in [3.8, 4) is 0 Å². The predicted octanol–water partition coefficient (Wildman–Crippen LogP) is 3.29. The summed E-state index contributed by atoms with van der Waals surface area (Å²) < 4.78 is 0. The largest absolute Gasteiger partial charge is 0.335 e. The number of amides is 2. The fourth-order valence-corrected chi connectivity index (χ4v) is 3.75. The Bertz CT molecular complexity index is 1110. The summed E-state index contributed by atoms with van der Waals surface area (Å²) in [5, 5.41) is 13.7. The van der Waals surface area contributed by atoms with Crippen LogP contribution in [0.2, 0.25) is 0 Å². The quantitative estimate of drug-likeness (QED) is 0.347. The number of fused-ring (bicyclic) bond motifs is 1. The normalized spacial score (nSPS) is 15.9. The Morgan fingerprint density at radius 1 is 1.26 bits per heavy atom. The molecule has 0 saturated heterocycles. The third kappa shape index (κ3) is 5.03. The van der Waals surface area contributed by atoms with Gasteiger partial charge in [0.25, 0.3) is 5.69 Å². The first kappa shape index (κ1) is 20.5. The lowest BCUT2D eigenvalue weighted by Crippen LogP contribution is -2.33. The Balaban J connectivity index is 1.35. The lowest BCUT2D eigenvalue weighted by Gasteiger charge is -2.25. The molecule has 0 fully saturated rings. The molecule has 0 aliphatic carbocycles. The molecule has 0 atom stereocenters. The van der Waals surface area contributed by atoms with Crippen molar-refractivity contribution < 1.29 is 14.5 Å². The van der Waals surface area contributed by atoms with Crippen LogP contribution >= 0.6 is 0 Å². The highest BCUT2D eigenvalue weighted by molar-refractivity contribution is 5.94. The van der Waals surface area contributed by atoms with Crippen molar-refractivity contribution in [1.29, 1.82) is 0 Å². The van der Waals surface area contributed by atoms with Gasteiger partial charge in [-0.25, -0.2) is 4.98 Å². The van der Waals surface area contributed by atoms with Gasteiger partial charge in [-0.2, -0.15) is 0 Å². The molecule has 1 N–H and O–H groups in total. The van der Waals surface area contributed by atoms with E-state index in [0.29, 0.717) is 38.2 Å². The van der Waals surface area contributed by atoms with E-state index in [1.165, 1.54) is 11.6 Å². The molecule has 158 valence electrons. The summed E-state index contributed by atoms with van der Waals surface area (Å²) in [5.74, 6) is 0.496. The van der Waals surface area contributed by atoms with Crippen LogP contribution in [0.4, 0.5) is 11.5 Å². The number of nitro groups is 1. The zero-order chi connectivity index (χ0) is 21.8. The molecule has 2 aromatic rings. The summed E-state index contributed by atoms with van der Waals surface area (Å²) in [6.07, 6.45) is 9.43. The smallest absolute Gasteiger partial charge is 0.269 e. The zero-order valence-electron chi connectivity index (χ0n) is 16.9. The fraction of sp³-hybridized carbons (Fsp3) is 0.261. The van der Waals surface area contributed by atoms with Crippen molar-refractivity contribution in [2.75, 3.05) is 18.4 Å². The SMILES string of the molecule is O=C1CCc2cc(/C=C/C(=O)N3CC=C(Cc4cccc([N+](=O)[O-])c4)CC3)cnc2N1. The second-order valence-electron chi connectivity index (χ2n) is 7.66. The molecular formula is C23H22N4O4. The summed E-state index contributed by atoms with van der Waals surface area (Å²) in [6.45, 7) is 1.13. The molecule has 2 aliphatic heterocycles. The monoisotopic (exact) mass is 418 g/mol. The number of benzene rings is 1. The Hall–Kier alpha value is -3.81. The highest BCUT2D eigenvalue weighted by Gasteiger charge is 2.17. The molecule has 2 amide bonds. The number of nitro benzene ring substituents is 1. The van der Waals surface area contributed by atoms with Crippen molar-refractivity contribution >= 4 is 29.4 Å². The first-order chi connectivity index (χ1) is 15.0. The maximum atomic E-state index is 12.5. The van der Waals surface area contributed by atoms with Crippen LogP contribution in [0, 0.1) is 10.1 Å². The number of carbonyl (C=O) groups excluding carboxylic acids is 2. The van der Waals surface area contributed by atoms with Crippen LogP contribution in [0.1, 0.15) is 29.5 Å². The summed E-state index contributed by atoms with van der Waals surface area (Å²) in [7, 11) is 0. The molecule has 8 heteroatoms. The molecule has 0 spiro atoms. The number of aryl methyl sites for hydroxylation is 1. The highest BCUT2D eigenvalue weighted by Crippen LogP contribution is 2.22. The van der Waals surface area contributed by atoms with Gasteiger partial charge in [-0.15, -0.1) is 0 Å². The van der Waals surface area contributed by atoms with Gasteiger partial charge in [0, 0.05) is 43.9 Å². The van der Waals surface area contributed by atoms with E-state index in [1.54, 1.807) is 35.4 Å². The summed E-state index contributed by atoms with van der Waals surface area (Å²) >= 11 is 0. The Kier molecular flexibility index (Phi) is 5.88. The Morgan fingerprint density at radius 3 is 2.90 bits per heavy atom. The van der Waals surface area contributed by atoms with Gasteiger partial charge in [-0.1, -0.05) is 23.8 Å². The van der Waals surface area contributed by atoms with Crippen molar-refractivity contribution in [2.24, 2.45) is 0 Å². The van der Waals surface area contributed by atoms with Crippen LogP contribution < -0.4 is 5.32 Å². The topological polar surface area (TPSA) is 105 Å². The number of nitrogens with one attached hydrogen (secondary N) is 1. The van der Waals surface area contributed by atoms with E-state index >= 15 is 0 Å². The van der Waals surface area contributed by atoms with Gasteiger partial charge in [0.05, 0.1) is 4.92 Å². The minimum atomic E-state index is -0.389. The van der Waals surface area contributed by atoms with Gasteiger partial charge in [-0.3, -0.25) is 19.7 Å². The number of non-ortho nitro benzene ring substituents is 1. The Labute approximate surface area is 179 Å². The highest BCUT2D eigenvalue weighted by atomic mass is 16.6. The standard InChI is InChI=1S/C23H22N4O4/c28-21-6-5-19-13-18(15-24-23(19)25-21)4-7-22(29)26-10-8-16(9-11-26)12-17-2-1-3-20(14-17)27(30)31/h1-4,7-8,13-15H,5-6,9-12H2,(H,24,25,28)/b7-4+. The van der Waals surface area contributed by atoms with Crippen LogP contribution in [-0.2, 0) is 22.4 Å². The first-order valence-electron chi connectivity index (χ1n) is 10.1. The summed E-state index contributed by atoms with van der Waals surface area (Å²) in [4.78, 5) is 40.5. The minimum absolute atomic E-state index is 0.0264. The van der Waals surface area contributed by atoms with E-state index in [9.17, 15) is 19.7 Å². The molecule has 4 rings (SSSR count). The van der Waals surface area contributed by atoms with Crippen LogP contribution in [0.5, 0.6) is 0 Å². The third-order valence-corrected chi connectivity index (χ3v) is 5.45. The number of pyridine rings is 1. The number of rotatable bonds is 5. The van der Waals surface area contributed by atoms with Crippen molar-refractivity contribution in [3.63, 3.8) is 0 Å². The average molecular weight is 418 g/mol. The molecular weight excluding hydrogens is 396 g/mol. The van der Waals surface area contributed by atoms with Crippen LogP contribution in [0.3, 0.4) is 0 Å². The lowest BCUT2D eigenvalue weighted by atomic mass is 9.99. The number of anilines is 1. The van der Waals surface area contributed by atoms with Crippen molar-refractivity contribution in [2.45, 2.75) is 25.7 Å². The van der Waals surface area contributed by atoms with Gasteiger partial charge in [0.2, 0.25) is 11.8 Å². The van der Waals surface area contributed by atoms with E-state index in [-0.39, 0.29) is 22.4 Å². The van der Waals surface area contributed by atoms with Crippen molar-refractivity contribution in [1.82, 2.24) is 9.88 Å². The first-order valence-corrected chi connectivity index (χ1v) is 10.1. The fourth-order valence-electron chi connectivity index (χ4n) is 3.75. The van der Waals surface area contributed by atoms with Gasteiger partial charge >= 0.3 is 0 Å². The minimum Gasteiger partial charge on any atom is -0.335 e. The van der Waals surface area contributed by atoms with E-state index in [1.807, 2.05) is 18.2 Å². The van der Waals surface area contributed by atoms with Gasteiger partial charge < -0.3 is 10.2 Å². The van der Waals surface area contributed by atoms with E-state index in [0.717, 1.165) is 23.1 Å². The average Bonchev–Trinajstić information content (AvgIpc) is 2.78. The molecule has 0 unspecified atom stereocenters. The molecule has 31 heavy (non-hydrogen) atoms. The molecule has 1 aromatic heterocycles. The van der Waals surface area contributed by atoms with Crippen LogP contribution in [-0.4, -0.2) is 39.7 Å². The zero-order valence-corrected chi connectivity index (χ0v) is 16.9. The Morgan fingerprint density at radius 2 is 2.13 bits per heavy atom. The molecule has 8 nitrogen and oxygen atoms in total. The van der Waals surface area contributed by atoms with Gasteiger partial charge in [0.15, 0.2) is 0 Å². The lowest BCUT2D eigenvalue weighted by molar-refractivity contribution is -0.384. The number of carbonyl (C=O) groups is 2. The predicted molar refractivity (Wildman–Crippen MR) is 116 cm³/mol. The summed E-state index contributed by atoms with van der Waals surface area (Å²) in [5.41, 5.74) is 3.96. The molecule has 0 radical (unpaired) electrons. The number of hydrogen-bond donors (Lipinski definition) is 1. The molecule has 2 aliphatic rings. The van der Waals surface area contributed by atoms with E-state index < -0.39 is 0 Å². The molecule has 0 bridgehead atoms. The van der Waals surface area contributed by atoms with E-state index in [2.05, 4.69) is 10.3 Å². The second-order valence-corrected chi connectivity index (χ2v) is 7.66. The number of aromatic nitrogens is 1. The molecule has 3 heterocycles. The number of hydrogen-bond acceptors (Lipinski definition) is 5. The van der Waals surface area contributed by atoms with Crippen LogP contribution in [0.15, 0.2) is 54.3 Å². The molecule has 0 saturated carbocycles.